The Morgan fingerprint density at radius 2 is 1.97 bits per heavy atom. The summed E-state index contributed by atoms with van der Waals surface area (Å²) >= 11 is 0. The second-order valence-electron chi connectivity index (χ2n) is 8.00. The number of anilines is 1. The number of ether oxygens (including phenoxy) is 2. The Morgan fingerprint density at radius 1 is 1.16 bits per heavy atom. The summed E-state index contributed by atoms with van der Waals surface area (Å²) in [5.41, 5.74) is 4.71. The number of carbonyl (C=O) groups excluding carboxylic acids is 1. The molecule has 1 amide bonds. The SMILES string of the molecule is Cc1ccccc1CC(=O)Nc1ccc(OCCN2CCOCC2)c(-c2ccnn2C)c1. The molecule has 32 heavy (non-hydrogen) atoms. The molecule has 2 aromatic carbocycles. The normalized spacial score (nSPS) is 14.3. The zero-order valence-electron chi connectivity index (χ0n) is 18.7. The highest BCUT2D eigenvalue weighted by Gasteiger charge is 2.15. The van der Waals surface area contributed by atoms with E-state index < -0.39 is 0 Å². The molecule has 168 valence electrons. The molecule has 3 aromatic rings. The number of nitrogens with zero attached hydrogens (tertiary/aromatic N) is 3. The average molecular weight is 435 g/mol. The fourth-order valence-corrected chi connectivity index (χ4v) is 3.87. The quantitative estimate of drug-likeness (QED) is 0.589. The molecule has 1 aliphatic heterocycles. The predicted molar refractivity (Wildman–Crippen MR) is 125 cm³/mol. The minimum atomic E-state index is -0.0451. The Labute approximate surface area is 188 Å². The third-order valence-corrected chi connectivity index (χ3v) is 5.74. The van der Waals surface area contributed by atoms with Crippen LogP contribution in [-0.2, 0) is 23.0 Å². The van der Waals surface area contributed by atoms with Gasteiger partial charge in [-0.3, -0.25) is 14.4 Å². The Morgan fingerprint density at radius 3 is 2.72 bits per heavy atom. The van der Waals surface area contributed by atoms with Crippen LogP contribution >= 0.6 is 0 Å². The van der Waals surface area contributed by atoms with Crippen molar-refractivity contribution >= 4 is 11.6 Å². The van der Waals surface area contributed by atoms with Gasteiger partial charge in [-0.1, -0.05) is 24.3 Å². The number of hydrogen-bond donors (Lipinski definition) is 1. The Balaban J connectivity index is 1.47. The molecule has 0 saturated carbocycles. The summed E-state index contributed by atoms with van der Waals surface area (Å²) in [6.07, 6.45) is 2.10. The Hall–Kier alpha value is -3.16. The summed E-state index contributed by atoms with van der Waals surface area (Å²) in [5, 5.41) is 7.32. The van der Waals surface area contributed by atoms with Crippen molar-refractivity contribution in [3.8, 4) is 17.0 Å². The summed E-state index contributed by atoms with van der Waals surface area (Å²) in [7, 11) is 1.90. The van der Waals surface area contributed by atoms with Crippen molar-refractivity contribution in [2.45, 2.75) is 13.3 Å². The molecule has 2 heterocycles. The van der Waals surface area contributed by atoms with Gasteiger partial charge in [-0.15, -0.1) is 0 Å². The molecule has 0 aliphatic carbocycles. The molecular weight excluding hydrogens is 404 g/mol. The molecule has 0 radical (unpaired) electrons. The number of aromatic nitrogens is 2. The zero-order valence-corrected chi connectivity index (χ0v) is 18.7. The van der Waals surface area contributed by atoms with Gasteiger partial charge in [0.25, 0.3) is 0 Å². The maximum Gasteiger partial charge on any atom is 0.228 e. The molecule has 0 bridgehead atoms. The van der Waals surface area contributed by atoms with Crippen LogP contribution in [0.1, 0.15) is 11.1 Å². The number of morpholine rings is 1. The van der Waals surface area contributed by atoms with Crippen molar-refractivity contribution in [2.75, 3.05) is 44.8 Å². The summed E-state index contributed by atoms with van der Waals surface area (Å²) < 4.78 is 13.4. The number of nitrogens with one attached hydrogen (secondary N) is 1. The van der Waals surface area contributed by atoms with Gasteiger partial charge < -0.3 is 14.8 Å². The van der Waals surface area contributed by atoms with E-state index in [1.54, 1.807) is 6.20 Å². The van der Waals surface area contributed by atoms with Gasteiger partial charge in [0.2, 0.25) is 5.91 Å². The van der Waals surface area contributed by atoms with Gasteiger partial charge in [-0.2, -0.15) is 5.10 Å². The second-order valence-corrected chi connectivity index (χ2v) is 8.00. The van der Waals surface area contributed by atoms with Gasteiger partial charge in [0.1, 0.15) is 12.4 Å². The maximum absolute atomic E-state index is 12.7. The Bertz CT molecular complexity index is 1060. The van der Waals surface area contributed by atoms with E-state index in [9.17, 15) is 4.79 Å². The van der Waals surface area contributed by atoms with Crippen molar-refractivity contribution in [3.05, 3.63) is 65.9 Å². The number of amides is 1. The van der Waals surface area contributed by atoms with Crippen molar-refractivity contribution in [1.29, 1.82) is 0 Å². The van der Waals surface area contributed by atoms with Crippen LogP contribution in [0, 0.1) is 6.92 Å². The Kier molecular flexibility index (Phi) is 7.19. The zero-order chi connectivity index (χ0) is 22.3. The van der Waals surface area contributed by atoms with Gasteiger partial charge in [0, 0.05) is 44.1 Å². The van der Waals surface area contributed by atoms with E-state index in [1.165, 1.54) is 0 Å². The fourth-order valence-electron chi connectivity index (χ4n) is 3.87. The van der Waals surface area contributed by atoms with Crippen LogP contribution in [0.2, 0.25) is 0 Å². The monoisotopic (exact) mass is 434 g/mol. The van der Waals surface area contributed by atoms with Crippen LogP contribution in [0.15, 0.2) is 54.7 Å². The summed E-state index contributed by atoms with van der Waals surface area (Å²) in [5.74, 6) is 0.731. The van der Waals surface area contributed by atoms with Gasteiger partial charge in [-0.05, 0) is 42.3 Å². The lowest BCUT2D eigenvalue weighted by Gasteiger charge is -2.26. The van der Waals surface area contributed by atoms with Crippen LogP contribution in [0.3, 0.4) is 0 Å². The molecular formula is C25H30N4O3. The van der Waals surface area contributed by atoms with E-state index in [-0.39, 0.29) is 5.91 Å². The second kappa shape index (κ2) is 10.4. The maximum atomic E-state index is 12.7. The third-order valence-electron chi connectivity index (χ3n) is 5.74. The molecule has 1 aromatic heterocycles. The lowest BCUT2D eigenvalue weighted by atomic mass is 10.1. The smallest absolute Gasteiger partial charge is 0.228 e. The molecule has 0 unspecified atom stereocenters. The minimum Gasteiger partial charge on any atom is -0.492 e. The van der Waals surface area contributed by atoms with Crippen molar-refractivity contribution in [1.82, 2.24) is 14.7 Å². The van der Waals surface area contributed by atoms with Crippen LogP contribution in [0.4, 0.5) is 5.69 Å². The highest BCUT2D eigenvalue weighted by Crippen LogP contribution is 2.32. The lowest BCUT2D eigenvalue weighted by Crippen LogP contribution is -2.38. The van der Waals surface area contributed by atoms with Crippen LogP contribution in [0.5, 0.6) is 5.75 Å². The minimum absolute atomic E-state index is 0.0451. The van der Waals surface area contributed by atoms with Gasteiger partial charge in [-0.25, -0.2) is 0 Å². The lowest BCUT2D eigenvalue weighted by molar-refractivity contribution is -0.115. The highest BCUT2D eigenvalue weighted by molar-refractivity contribution is 5.93. The van der Waals surface area contributed by atoms with Crippen LogP contribution < -0.4 is 10.1 Å². The first kappa shape index (κ1) is 22.0. The van der Waals surface area contributed by atoms with E-state index in [0.29, 0.717) is 13.0 Å². The molecule has 1 fully saturated rings. The molecule has 0 atom stereocenters. The molecule has 1 N–H and O–H groups in total. The predicted octanol–water partition coefficient (Wildman–Crippen LogP) is 3.29. The first-order valence-electron chi connectivity index (χ1n) is 11.0. The van der Waals surface area contributed by atoms with E-state index in [0.717, 1.165) is 66.7 Å². The van der Waals surface area contributed by atoms with E-state index in [2.05, 4.69) is 15.3 Å². The van der Waals surface area contributed by atoms with Crippen molar-refractivity contribution in [3.63, 3.8) is 0 Å². The van der Waals surface area contributed by atoms with Crippen molar-refractivity contribution < 1.29 is 14.3 Å². The summed E-state index contributed by atoms with van der Waals surface area (Å²) in [6.45, 7) is 6.88. The average Bonchev–Trinajstić information content (AvgIpc) is 3.22. The third kappa shape index (κ3) is 5.55. The summed E-state index contributed by atoms with van der Waals surface area (Å²) in [4.78, 5) is 15.0. The molecule has 7 heteroatoms. The molecule has 7 nitrogen and oxygen atoms in total. The number of hydrogen-bond acceptors (Lipinski definition) is 5. The first-order valence-corrected chi connectivity index (χ1v) is 11.0. The van der Waals surface area contributed by atoms with E-state index in [1.807, 2.05) is 67.2 Å². The molecule has 0 spiro atoms. The van der Waals surface area contributed by atoms with Crippen molar-refractivity contribution in [2.24, 2.45) is 7.05 Å². The molecule has 1 saturated heterocycles. The first-order chi connectivity index (χ1) is 15.6. The van der Waals surface area contributed by atoms with Crippen LogP contribution in [-0.4, -0.2) is 60.0 Å². The number of aryl methyl sites for hydroxylation is 2. The number of benzene rings is 2. The van der Waals surface area contributed by atoms with Gasteiger partial charge in [0.05, 0.1) is 25.3 Å². The number of carbonyl (C=O) groups is 1. The van der Waals surface area contributed by atoms with E-state index >= 15 is 0 Å². The summed E-state index contributed by atoms with van der Waals surface area (Å²) in [6, 6.07) is 15.7. The topological polar surface area (TPSA) is 68.6 Å². The number of rotatable bonds is 8. The standard InChI is InChI=1S/C25H30N4O3/c1-19-5-3-4-6-20(19)17-25(30)27-21-7-8-24(22(18-21)23-9-10-26-28(23)2)32-16-13-29-11-14-31-15-12-29/h3-10,18H,11-17H2,1-2H3,(H,27,30). The van der Waals surface area contributed by atoms with Gasteiger partial charge in [0.15, 0.2) is 0 Å². The largest absolute Gasteiger partial charge is 0.492 e. The van der Waals surface area contributed by atoms with E-state index in [4.69, 9.17) is 9.47 Å². The molecule has 1 aliphatic rings. The highest BCUT2D eigenvalue weighted by atomic mass is 16.5. The van der Waals surface area contributed by atoms with Crippen LogP contribution in [0.25, 0.3) is 11.3 Å². The fraction of sp³-hybridized carbons (Fsp3) is 0.360. The van der Waals surface area contributed by atoms with Gasteiger partial charge >= 0.3 is 0 Å². The molecule has 4 rings (SSSR count).